The Morgan fingerprint density at radius 2 is 1.85 bits per heavy atom. The molecule has 2 rings (SSSR count). The topological polar surface area (TPSA) is 24.5 Å². The molecule has 3 heteroatoms. The zero-order chi connectivity index (χ0) is 14.4. The molecule has 0 bridgehead atoms. The zero-order valence-electron chi connectivity index (χ0n) is 12.4. The lowest BCUT2D eigenvalue weighted by atomic mass is 10.2. The summed E-state index contributed by atoms with van der Waals surface area (Å²) in [5.74, 6) is 0.950. The predicted octanol–water partition coefficient (Wildman–Crippen LogP) is 3.76. The van der Waals surface area contributed by atoms with Gasteiger partial charge in [-0.2, -0.15) is 0 Å². The summed E-state index contributed by atoms with van der Waals surface area (Å²) >= 11 is 0. The van der Waals surface area contributed by atoms with Gasteiger partial charge in [0.15, 0.2) is 0 Å². The fraction of sp³-hybridized carbons (Fsp3) is 0.294. The van der Waals surface area contributed by atoms with E-state index in [1.54, 1.807) is 0 Å². The smallest absolute Gasteiger partial charge is 0.124 e. The second-order valence-electron chi connectivity index (χ2n) is 4.84. The SMILES string of the molecule is CCOc1ccccc1CNc1cccc(N(C)C)c1. The highest BCUT2D eigenvalue weighted by Gasteiger charge is 2.03. The maximum absolute atomic E-state index is 5.64. The first-order valence-electron chi connectivity index (χ1n) is 6.92. The summed E-state index contributed by atoms with van der Waals surface area (Å²) in [6.07, 6.45) is 0. The molecule has 20 heavy (non-hydrogen) atoms. The number of hydrogen-bond acceptors (Lipinski definition) is 3. The number of benzene rings is 2. The van der Waals surface area contributed by atoms with Crippen molar-refractivity contribution < 1.29 is 4.74 Å². The minimum Gasteiger partial charge on any atom is -0.494 e. The molecular formula is C17H22N2O. The van der Waals surface area contributed by atoms with Crippen LogP contribution in [0, 0.1) is 0 Å². The van der Waals surface area contributed by atoms with E-state index in [0.29, 0.717) is 6.61 Å². The van der Waals surface area contributed by atoms with Crippen molar-refractivity contribution in [1.29, 1.82) is 0 Å². The van der Waals surface area contributed by atoms with Crippen LogP contribution >= 0.6 is 0 Å². The van der Waals surface area contributed by atoms with Gasteiger partial charge in [0.2, 0.25) is 0 Å². The number of hydrogen-bond donors (Lipinski definition) is 1. The molecule has 2 aromatic carbocycles. The lowest BCUT2D eigenvalue weighted by molar-refractivity contribution is 0.337. The van der Waals surface area contributed by atoms with Gasteiger partial charge in [-0.3, -0.25) is 0 Å². The van der Waals surface area contributed by atoms with E-state index < -0.39 is 0 Å². The Balaban J connectivity index is 2.07. The van der Waals surface area contributed by atoms with Crippen molar-refractivity contribution in [2.24, 2.45) is 0 Å². The number of nitrogens with one attached hydrogen (secondary N) is 1. The molecule has 0 fully saturated rings. The average Bonchev–Trinajstić information content (AvgIpc) is 2.47. The lowest BCUT2D eigenvalue weighted by Crippen LogP contribution is -2.09. The molecule has 0 amide bonds. The monoisotopic (exact) mass is 270 g/mol. The van der Waals surface area contributed by atoms with Gasteiger partial charge in [-0.15, -0.1) is 0 Å². The van der Waals surface area contributed by atoms with Crippen molar-refractivity contribution >= 4 is 11.4 Å². The van der Waals surface area contributed by atoms with Crippen LogP contribution in [0.2, 0.25) is 0 Å². The second-order valence-corrected chi connectivity index (χ2v) is 4.84. The summed E-state index contributed by atoms with van der Waals surface area (Å²) < 4.78 is 5.64. The molecule has 0 aliphatic rings. The van der Waals surface area contributed by atoms with Crippen molar-refractivity contribution in [2.45, 2.75) is 13.5 Å². The summed E-state index contributed by atoms with van der Waals surface area (Å²) in [4.78, 5) is 2.10. The number of ether oxygens (including phenoxy) is 1. The van der Waals surface area contributed by atoms with Gasteiger partial charge in [0.1, 0.15) is 5.75 Å². The van der Waals surface area contributed by atoms with Gasteiger partial charge in [-0.25, -0.2) is 0 Å². The second kappa shape index (κ2) is 6.85. The third-order valence-electron chi connectivity index (χ3n) is 3.12. The van der Waals surface area contributed by atoms with Crippen LogP contribution in [0.15, 0.2) is 48.5 Å². The van der Waals surface area contributed by atoms with Gasteiger partial charge < -0.3 is 15.0 Å². The van der Waals surface area contributed by atoms with Gasteiger partial charge in [0.25, 0.3) is 0 Å². The van der Waals surface area contributed by atoms with Crippen LogP contribution in [0.4, 0.5) is 11.4 Å². The van der Waals surface area contributed by atoms with Gasteiger partial charge in [-0.1, -0.05) is 24.3 Å². The molecule has 0 spiro atoms. The number of anilines is 2. The molecule has 1 N–H and O–H groups in total. The maximum atomic E-state index is 5.64. The molecule has 0 saturated carbocycles. The Morgan fingerprint density at radius 3 is 2.60 bits per heavy atom. The first-order valence-corrected chi connectivity index (χ1v) is 6.92. The summed E-state index contributed by atoms with van der Waals surface area (Å²) in [6.45, 7) is 3.45. The first-order chi connectivity index (χ1) is 9.70. The van der Waals surface area contributed by atoms with E-state index in [0.717, 1.165) is 18.0 Å². The van der Waals surface area contributed by atoms with Crippen LogP contribution < -0.4 is 15.0 Å². The summed E-state index contributed by atoms with van der Waals surface area (Å²) in [7, 11) is 4.09. The molecule has 0 aromatic heterocycles. The molecule has 0 aliphatic heterocycles. The van der Waals surface area contributed by atoms with Gasteiger partial charge >= 0.3 is 0 Å². The van der Waals surface area contributed by atoms with Gasteiger partial charge in [-0.05, 0) is 31.2 Å². The summed E-state index contributed by atoms with van der Waals surface area (Å²) in [6, 6.07) is 16.5. The first kappa shape index (κ1) is 14.3. The third kappa shape index (κ3) is 3.67. The summed E-state index contributed by atoms with van der Waals surface area (Å²) in [5.41, 5.74) is 3.47. The fourth-order valence-corrected chi connectivity index (χ4v) is 2.04. The Labute approximate surface area is 121 Å². The van der Waals surface area contributed by atoms with Crippen molar-refractivity contribution in [2.75, 3.05) is 30.9 Å². The molecule has 0 radical (unpaired) electrons. The van der Waals surface area contributed by atoms with Gasteiger partial charge in [0, 0.05) is 37.6 Å². The van der Waals surface area contributed by atoms with Crippen LogP contribution in [0.3, 0.4) is 0 Å². The van der Waals surface area contributed by atoms with Crippen LogP contribution in [-0.4, -0.2) is 20.7 Å². The Hall–Kier alpha value is -2.16. The van der Waals surface area contributed by atoms with E-state index in [2.05, 4.69) is 40.5 Å². The number of para-hydroxylation sites is 1. The molecular weight excluding hydrogens is 248 g/mol. The standard InChI is InChI=1S/C17H22N2O/c1-4-20-17-11-6-5-8-14(17)13-18-15-9-7-10-16(12-15)19(2)3/h5-12,18H,4,13H2,1-3H3. The van der Waals surface area contributed by atoms with E-state index in [1.807, 2.05) is 39.2 Å². The Bertz CT molecular complexity index is 552. The molecule has 0 saturated heterocycles. The Morgan fingerprint density at radius 1 is 1.05 bits per heavy atom. The molecule has 3 nitrogen and oxygen atoms in total. The van der Waals surface area contributed by atoms with Crippen LogP contribution in [-0.2, 0) is 6.54 Å². The van der Waals surface area contributed by atoms with E-state index >= 15 is 0 Å². The predicted molar refractivity (Wildman–Crippen MR) is 85.7 cm³/mol. The molecule has 0 aliphatic carbocycles. The number of rotatable bonds is 6. The fourth-order valence-electron chi connectivity index (χ4n) is 2.04. The van der Waals surface area contributed by atoms with E-state index in [4.69, 9.17) is 4.74 Å². The van der Waals surface area contributed by atoms with Crippen LogP contribution in [0.1, 0.15) is 12.5 Å². The van der Waals surface area contributed by atoms with Crippen LogP contribution in [0.25, 0.3) is 0 Å². The molecule has 106 valence electrons. The normalized spacial score (nSPS) is 10.2. The minimum absolute atomic E-state index is 0.688. The van der Waals surface area contributed by atoms with E-state index in [1.165, 1.54) is 11.3 Å². The van der Waals surface area contributed by atoms with Crippen LogP contribution in [0.5, 0.6) is 5.75 Å². The Kier molecular flexibility index (Phi) is 4.88. The van der Waals surface area contributed by atoms with Crippen molar-refractivity contribution in [3.63, 3.8) is 0 Å². The minimum atomic E-state index is 0.688. The van der Waals surface area contributed by atoms with Crippen molar-refractivity contribution in [1.82, 2.24) is 0 Å². The molecule has 0 unspecified atom stereocenters. The highest BCUT2D eigenvalue weighted by molar-refractivity contribution is 5.57. The molecule has 2 aromatic rings. The van der Waals surface area contributed by atoms with Gasteiger partial charge in [0.05, 0.1) is 6.61 Å². The average molecular weight is 270 g/mol. The maximum Gasteiger partial charge on any atom is 0.124 e. The highest BCUT2D eigenvalue weighted by atomic mass is 16.5. The van der Waals surface area contributed by atoms with Crippen molar-refractivity contribution in [3.05, 3.63) is 54.1 Å². The summed E-state index contributed by atoms with van der Waals surface area (Å²) in [5, 5.41) is 3.45. The molecule has 0 atom stereocenters. The van der Waals surface area contributed by atoms with Crippen molar-refractivity contribution in [3.8, 4) is 5.75 Å². The van der Waals surface area contributed by atoms with E-state index in [9.17, 15) is 0 Å². The van der Waals surface area contributed by atoms with E-state index in [-0.39, 0.29) is 0 Å². The third-order valence-corrected chi connectivity index (χ3v) is 3.12. The highest BCUT2D eigenvalue weighted by Crippen LogP contribution is 2.21. The quantitative estimate of drug-likeness (QED) is 0.865. The largest absolute Gasteiger partial charge is 0.494 e. The zero-order valence-corrected chi connectivity index (χ0v) is 12.4. The lowest BCUT2D eigenvalue weighted by Gasteiger charge is -2.15. The number of nitrogens with zero attached hydrogens (tertiary/aromatic N) is 1. The molecule has 0 heterocycles.